The van der Waals surface area contributed by atoms with Gasteiger partial charge < -0.3 is 14.2 Å². The summed E-state index contributed by atoms with van der Waals surface area (Å²) in [6.45, 7) is 5.06. The molecule has 2 aromatic carbocycles. The van der Waals surface area contributed by atoms with E-state index in [1.54, 1.807) is 18.2 Å². The lowest BCUT2D eigenvalue weighted by Crippen LogP contribution is -2.41. The molecule has 0 spiro atoms. The maximum Gasteiger partial charge on any atom is 0.269 e. The molecule has 0 radical (unpaired) electrons. The van der Waals surface area contributed by atoms with E-state index in [4.69, 9.17) is 14.2 Å². The van der Waals surface area contributed by atoms with E-state index in [1.165, 1.54) is 7.11 Å². The number of aryl methyl sites for hydroxylation is 1. The molecule has 7 heteroatoms. The number of methoxy groups -OCH3 is 1. The first-order valence-electron chi connectivity index (χ1n) is 10.1. The van der Waals surface area contributed by atoms with Crippen LogP contribution in [0, 0.1) is 6.92 Å². The van der Waals surface area contributed by atoms with Crippen molar-refractivity contribution in [1.29, 1.82) is 0 Å². The SMILES string of the molecule is CCCCOc1ccc(C(=O)NNC(=O)CCCOc2ccccc2C)cc1OC. The van der Waals surface area contributed by atoms with Gasteiger partial charge in [-0.25, -0.2) is 0 Å². The maximum absolute atomic E-state index is 12.3. The van der Waals surface area contributed by atoms with Crippen LogP contribution in [0.25, 0.3) is 0 Å². The van der Waals surface area contributed by atoms with Gasteiger partial charge in [0.25, 0.3) is 5.91 Å². The number of ether oxygens (including phenoxy) is 3. The van der Waals surface area contributed by atoms with Crippen LogP contribution in [0.5, 0.6) is 17.2 Å². The topological polar surface area (TPSA) is 85.9 Å². The van der Waals surface area contributed by atoms with Gasteiger partial charge in [0.15, 0.2) is 11.5 Å². The van der Waals surface area contributed by atoms with Crippen molar-refractivity contribution in [3.63, 3.8) is 0 Å². The molecule has 0 aromatic heterocycles. The Morgan fingerprint density at radius 3 is 2.37 bits per heavy atom. The predicted molar refractivity (Wildman–Crippen MR) is 115 cm³/mol. The zero-order chi connectivity index (χ0) is 21.8. The molecular formula is C23H30N2O5. The molecule has 7 nitrogen and oxygen atoms in total. The normalized spacial score (nSPS) is 10.2. The van der Waals surface area contributed by atoms with Crippen LogP contribution in [0.1, 0.15) is 48.5 Å². The van der Waals surface area contributed by atoms with E-state index < -0.39 is 5.91 Å². The molecule has 162 valence electrons. The van der Waals surface area contributed by atoms with Gasteiger partial charge in [-0.05, 0) is 49.6 Å². The Kier molecular flexibility index (Phi) is 9.51. The monoisotopic (exact) mass is 414 g/mol. The van der Waals surface area contributed by atoms with Gasteiger partial charge in [0.1, 0.15) is 5.75 Å². The summed E-state index contributed by atoms with van der Waals surface area (Å²) in [5, 5.41) is 0. The van der Waals surface area contributed by atoms with Crippen molar-refractivity contribution >= 4 is 11.8 Å². The van der Waals surface area contributed by atoms with Crippen LogP contribution in [-0.4, -0.2) is 32.1 Å². The number of hydrogen-bond acceptors (Lipinski definition) is 5. The molecular weight excluding hydrogens is 384 g/mol. The summed E-state index contributed by atoms with van der Waals surface area (Å²) in [6, 6.07) is 12.6. The standard InChI is InChI=1S/C23H30N2O5/c1-4-5-14-30-20-13-12-18(16-21(20)28-3)23(27)25-24-22(26)11-8-15-29-19-10-7-6-9-17(19)2/h6-7,9-10,12-13,16H,4-5,8,11,14-15H2,1-3H3,(H,24,26)(H,25,27). The number of benzene rings is 2. The molecule has 0 bridgehead atoms. The molecule has 0 atom stereocenters. The Hall–Kier alpha value is -3.22. The Morgan fingerprint density at radius 1 is 0.900 bits per heavy atom. The van der Waals surface area contributed by atoms with E-state index in [0.717, 1.165) is 24.2 Å². The number of carbonyl (C=O) groups is 2. The first kappa shape index (κ1) is 23.1. The number of para-hydroxylation sites is 1. The van der Waals surface area contributed by atoms with Gasteiger partial charge in [0, 0.05) is 12.0 Å². The second kappa shape index (κ2) is 12.4. The fourth-order valence-corrected chi connectivity index (χ4v) is 2.65. The minimum atomic E-state index is -0.432. The van der Waals surface area contributed by atoms with Crippen molar-refractivity contribution in [2.24, 2.45) is 0 Å². The molecule has 0 heterocycles. The molecule has 0 saturated carbocycles. The fraction of sp³-hybridized carbons (Fsp3) is 0.391. The summed E-state index contributed by atoms with van der Waals surface area (Å²) in [5.41, 5.74) is 6.24. The van der Waals surface area contributed by atoms with E-state index in [9.17, 15) is 9.59 Å². The quantitative estimate of drug-likeness (QED) is 0.431. The lowest BCUT2D eigenvalue weighted by atomic mass is 10.2. The smallest absolute Gasteiger partial charge is 0.269 e. The summed E-state index contributed by atoms with van der Waals surface area (Å²) < 4.78 is 16.6. The van der Waals surface area contributed by atoms with Crippen LogP contribution in [0.3, 0.4) is 0 Å². The molecule has 2 aromatic rings. The lowest BCUT2D eigenvalue weighted by molar-refractivity contribution is -0.122. The Labute approximate surface area is 177 Å². The largest absolute Gasteiger partial charge is 0.493 e. The molecule has 2 rings (SSSR count). The summed E-state index contributed by atoms with van der Waals surface area (Å²) in [6.07, 6.45) is 2.74. The molecule has 2 amide bonds. The first-order chi connectivity index (χ1) is 14.5. The third-order valence-corrected chi connectivity index (χ3v) is 4.40. The molecule has 0 fully saturated rings. The lowest BCUT2D eigenvalue weighted by Gasteiger charge is -2.12. The van der Waals surface area contributed by atoms with Crippen LogP contribution < -0.4 is 25.1 Å². The molecule has 0 aliphatic rings. The van der Waals surface area contributed by atoms with Gasteiger partial charge in [0.05, 0.1) is 20.3 Å². The van der Waals surface area contributed by atoms with E-state index in [1.807, 2.05) is 31.2 Å². The van der Waals surface area contributed by atoms with Crippen molar-refractivity contribution in [3.8, 4) is 17.2 Å². The number of hydrazine groups is 1. The van der Waals surface area contributed by atoms with Gasteiger partial charge in [-0.15, -0.1) is 0 Å². The number of carbonyl (C=O) groups excluding carboxylic acids is 2. The van der Waals surface area contributed by atoms with Gasteiger partial charge in [0.2, 0.25) is 5.91 Å². The zero-order valence-corrected chi connectivity index (χ0v) is 17.8. The highest BCUT2D eigenvalue weighted by molar-refractivity contribution is 5.96. The van der Waals surface area contributed by atoms with Crippen LogP contribution in [0.4, 0.5) is 0 Å². The van der Waals surface area contributed by atoms with E-state index in [-0.39, 0.29) is 12.3 Å². The Morgan fingerprint density at radius 2 is 1.63 bits per heavy atom. The van der Waals surface area contributed by atoms with Crippen molar-refractivity contribution in [2.45, 2.75) is 39.5 Å². The molecule has 0 aliphatic heterocycles. The van der Waals surface area contributed by atoms with Gasteiger partial charge in [-0.2, -0.15) is 0 Å². The first-order valence-corrected chi connectivity index (χ1v) is 10.1. The zero-order valence-electron chi connectivity index (χ0n) is 17.8. The molecule has 0 aliphatic carbocycles. The summed E-state index contributed by atoms with van der Waals surface area (Å²) >= 11 is 0. The van der Waals surface area contributed by atoms with Gasteiger partial charge in [-0.1, -0.05) is 31.5 Å². The highest BCUT2D eigenvalue weighted by Crippen LogP contribution is 2.28. The van der Waals surface area contributed by atoms with Crippen LogP contribution in [0.15, 0.2) is 42.5 Å². The number of nitrogens with one attached hydrogen (secondary N) is 2. The maximum atomic E-state index is 12.3. The van der Waals surface area contributed by atoms with E-state index >= 15 is 0 Å². The molecule has 0 unspecified atom stereocenters. The van der Waals surface area contributed by atoms with Crippen molar-refractivity contribution in [3.05, 3.63) is 53.6 Å². The number of amides is 2. The Balaban J connectivity index is 1.75. The Bertz CT molecular complexity index is 838. The van der Waals surface area contributed by atoms with Crippen molar-refractivity contribution < 1.29 is 23.8 Å². The minimum Gasteiger partial charge on any atom is -0.493 e. The average molecular weight is 415 g/mol. The minimum absolute atomic E-state index is 0.236. The fourth-order valence-electron chi connectivity index (χ4n) is 2.65. The van der Waals surface area contributed by atoms with Crippen molar-refractivity contribution in [1.82, 2.24) is 10.9 Å². The third-order valence-electron chi connectivity index (χ3n) is 4.40. The summed E-state index contributed by atoms with van der Waals surface area (Å²) in [5.74, 6) is 1.14. The second-order valence-electron chi connectivity index (χ2n) is 6.79. The number of rotatable bonds is 11. The van der Waals surface area contributed by atoms with Gasteiger partial charge in [-0.3, -0.25) is 20.4 Å². The summed E-state index contributed by atoms with van der Waals surface area (Å²) in [7, 11) is 1.52. The molecule has 30 heavy (non-hydrogen) atoms. The highest BCUT2D eigenvalue weighted by atomic mass is 16.5. The molecule has 2 N–H and O–H groups in total. The van der Waals surface area contributed by atoms with Crippen LogP contribution >= 0.6 is 0 Å². The molecule has 0 saturated heterocycles. The third kappa shape index (κ3) is 7.31. The highest BCUT2D eigenvalue weighted by Gasteiger charge is 2.12. The van der Waals surface area contributed by atoms with E-state index in [0.29, 0.717) is 36.7 Å². The van der Waals surface area contributed by atoms with Crippen LogP contribution in [-0.2, 0) is 4.79 Å². The average Bonchev–Trinajstić information content (AvgIpc) is 2.76. The predicted octanol–water partition coefficient (Wildman–Crippen LogP) is 3.80. The number of unbranched alkanes of at least 4 members (excludes halogenated alkanes) is 1. The van der Waals surface area contributed by atoms with E-state index in [2.05, 4.69) is 17.8 Å². The second-order valence-corrected chi connectivity index (χ2v) is 6.79. The van der Waals surface area contributed by atoms with Gasteiger partial charge >= 0.3 is 0 Å². The number of hydrogen-bond donors (Lipinski definition) is 2. The van der Waals surface area contributed by atoms with Crippen LogP contribution in [0.2, 0.25) is 0 Å². The van der Waals surface area contributed by atoms with Crippen molar-refractivity contribution in [2.75, 3.05) is 20.3 Å². The summed E-state index contributed by atoms with van der Waals surface area (Å²) in [4.78, 5) is 24.2.